The zero-order valence-corrected chi connectivity index (χ0v) is 60.4. The Hall–Kier alpha value is -15.7. The van der Waals surface area contributed by atoms with Gasteiger partial charge in [0.1, 0.15) is 92.0 Å². The van der Waals surface area contributed by atoms with E-state index in [9.17, 15) is 0 Å². The Balaban J connectivity index is 1.06. The quantitative estimate of drug-likeness (QED) is 0.0276. The van der Waals surface area contributed by atoms with Gasteiger partial charge in [-0.3, -0.25) is 0 Å². The molecule has 16 nitrogen and oxygen atoms in total. The van der Waals surface area contributed by atoms with Crippen molar-refractivity contribution in [3.8, 4) is 170 Å². The molecule has 16 aromatic rings. The summed E-state index contributed by atoms with van der Waals surface area (Å²) in [6.07, 6.45) is 0. The highest BCUT2D eigenvalue weighted by Gasteiger charge is 2.33. The third-order valence-electron chi connectivity index (χ3n) is 18.6. The standard InChI is InChI=1S/C96H74N8O8/c97-65-25-45-79(46-26-65)105-73-33-13-59(14-34-73)89-87(53-54-88(111-81-49-29-67(99)30-50-81)90(89)60-15-35-74(36-16-60)106-80-47-27-66(98)28-48-80)95-91(61-17-37-75(38-18-61)107-83-9-1-5-69(101)55-83)93(63-21-41-77(42-22-63)109-85-11-3-7-71(103)57-85)96(112-82-51-31-68(100)32-52-82)94(64-23-43-78(44-24-64)110-86-12-4-8-72(104)58-86)92(95)62-19-39-76(40-20-62)108-84-10-2-6-70(102)56-84/h1-58H,97-104H2. The van der Waals surface area contributed by atoms with Crippen LogP contribution in [0.25, 0.3) is 77.9 Å². The van der Waals surface area contributed by atoms with E-state index in [0.717, 1.165) is 61.2 Å². The first-order valence-corrected chi connectivity index (χ1v) is 36.0. The van der Waals surface area contributed by atoms with Crippen molar-refractivity contribution in [2.75, 3.05) is 45.9 Å². The minimum Gasteiger partial charge on any atom is -0.457 e. The Morgan fingerprint density at radius 1 is 0.143 bits per heavy atom. The molecule has 0 atom stereocenters. The lowest BCUT2D eigenvalue weighted by Gasteiger charge is -2.30. The summed E-state index contributed by atoms with van der Waals surface area (Å²) in [5.74, 6) is 8.74. The molecule has 0 aromatic heterocycles. The average Bonchev–Trinajstić information content (AvgIpc) is 0.710. The molecule has 0 aliphatic carbocycles. The highest BCUT2D eigenvalue weighted by atomic mass is 16.5. The van der Waals surface area contributed by atoms with Gasteiger partial charge < -0.3 is 83.8 Å². The van der Waals surface area contributed by atoms with E-state index in [1.54, 1.807) is 48.5 Å². The highest BCUT2D eigenvalue weighted by molar-refractivity contribution is 6.14. The second kappa shape index (κ2) is 31.4. The van der Waals surface area contributed by atoms with Crippen LogP contribution in [0.4, 0.5) is 45.5 Å². The lowest BCUT2D eigenvalue weighted by Crippen LogP contribution is -2.04. The van der Waals surface area contributed by atoms with Gasteiger partial charge in [0.05, 0.1) is 0 Å². The zero-order valence-electron chi connectivity index (χ0n) is 60.4. The molecule has 16 N–H and O–H groups in total. The fourth-order valence-corrected chi connectivity index (χ4v) is 13.3. The fraction of sp³-hybridized carbons (Fsp3) is 0. The van der Waals surface area contributed by atoms with Gasteiger partial charge in [0.2, 0.25) is 0 Å². The van der Waals surface area contributed by atoms with Crippen LogP contribution < -0.4 is 83.8 Å². The minimum absolute atomic E-state index is 0.457. The van der Waals surface area contributed by atoms with Gasteiger partial charge in [-0.2, -0.15) is 0 Å². The third kappa shape index (κ3) is 16.2. The second-order valence-electron chi connectivity index (χ2n) is 26.6. The lowest BCUT2D eigenvalue weighted by atomic mass is 9.75. The van der Waals surface area contributed by atoms with E-state index in [-0.39, 0.29) is 0 Å². The van der Waals surface area contributed by atoms with Gasteiger partial charge in [0.15, 0.2) is 0 Å². The summed E-state index contributed by atoms with van der Waals surface area (Å²) in [5, 5.41) is 0. The summed E-state index contributed by atoms with van der Waals surface area (Å²) in [5.41, 5.74) is 65.4. The number of anilines is 8. The van der Waals surface area contributed by atoms with Gasteiger partial charge in [0.25, 0.3) is 0 Å². The van der Waals surface area contributed by atoms with Crippen LogP contribution in [0.15, 0.2) is 352 Å². The first kappa shape index (κ1) is 70.6. The Labute approximate surface area is 647 Å². The normalized spacial score (nSPS) is 11.0. The lowest BCUT2D eigenvalue weighted by molar-refractivity contribution is 0.482. The van der Waals surface area contributed by atoms with Crippen molar-refractivity contribution in [2.24, 2.45) is 0 Å². The zero-order chi connectivity index (χ0) is 76.6. The number of benzene rings is 16. The van der Waals surface area contributed by atoms with Crippen LogP contribution in [0.3, 0.4) is 0 Å². The van der Waals surface area contributed by atoms with Crippen LogP contribution in [-0.2, 0) is 0 Å². The molecule has 0 bridgehead atoms. The van der Waals surface area contributed by atoms with Crippen LogP contribution in [-0.4, -0.2) is 0 Å². The average molecular weight is 1470 g/mol. The number of nitrogen functional groups attached to an aromatic ring is 8. The van der Waals surface area contributed by atoms with Crippen molar-refractivity contribution in [2.45, 2.75) is 0 Å². The van der Waals surface area contributed by atoms with E-state index in [0.29, 0.717) is 154 Å². The number of nitrogens with two attached hydrogens (primary N) is 8. The maximum atomic E-state index is 7.77. The van der Waals surface area contributed by atoms with Crippen molar-refractivity contribution in [1.82, 2.24) is 0 Å². The van der Waals surface area contributed by atoms with Gasteiger partial charge in [-0.15, -0.1) is 0 Å². The predicted octanol–water partition coefficient (Wildman–Crippen LogP) is 24.4. The summed E-state index contributed by atoms with van der Waals surface area (Å²) in [6.45, 7) is 0. The molecule has 0 heterocycles. The first-order valence-electron chi connectivity index (χ1n) is 36.0. The molecule has 0 fully saturated rings. The van der Waals surface area contributed by atoms with Crippen molar-refractivity contribution < 1.29 is 37.9 Å². The maximum absolute atomic E-state index is 7.77. The first-order chi connectivity index (χ1) is 54.7. The molecule has 0 amide bonds. The van der Waals surface area contributed by atoms with E-state index < -0.39 is 0 Å². The molecule has 0 aliphatic rings. The number of ether oxygens (including phenoxy) is 8. The molecule has 16 rings (SSSR count). The predicted molar refractivity (Wildman–Crippen MR) is 452 cm³/mol. The van der Waals surface area contributed by atoms with E-state index >= 15 is 0 Å². The molecule has 112 heavy (non-hydrogen) atoms. The van der Waals surface area contributed by atoms with E-state index in [1.165, 1.54) is 0 Å². The van der Waals surface area contributed by atoms with Gasteiger partial charge in [-0.1, -0.05) is 97.1 Å². The molecule has 546 valence electrons. The molecular formula is C96H74N8O8. The highest BCUT2D eigenvalue weighted by Crippen LogP contribution is 2.60. The van der Waals surface area contributed by atoms with Crippen LogP contribution in [0.2, 0.25) is 0 Å². The van der Waals surface area contributed by atoms with Crippen LogP contribution in [0.1, 0.15) is 0 Å². The Morgan fingerprint density at radius 3 is 0.643 bits per heavy atom. The molecule has 0 radical (unpaired) electrons. The van der Waals surface area contributed by atoms with E-state index in [1.807, 2.05) is 261 Å². The number of hydrogen-bond donors (Lipinski definition) is 8. The smallest absolute Gasteiger partial charge is 0.144 e. The molecule has 0 saturated carbocycles. The van der Waals surface area contributed by atoms with Crippen LogP contribution >= 0.6 is 0 Å². The Morgan fingerprint density at radius 2 is 0.366 bits per heavy atom. The Kier molecular flexibility index (Phi) is 19.8. The van der Waals surface area contributed by atoms with E-state index in [2.05, 4.69) is 42.5 Å². The molecule has 0 spiro atoms. The molecular weight excluding hydrogens is 1390 g/mol. The molecule has 0 unspecified atom stereocenters. The van der Waals surface area contributed by atoms with Gasteiger partial charge in [-0.25, -0.2) is 0 Å². The van der Waals surface area contributed by atoms with Gasteiger partial charge in [-0.05, 0) is 275 Å². The summed E-state index contributed by atoms with van der Waals surface area (Å²) in [7, 11) is 0. The van der Waals surface area contributed by atoms with Crippen molar-refractivity contribution in [3.05, 3.63) is 352 Å². The monoisotopic (exact) mass is 1470 g/mol. The van der Waals surface area contributed by atoms with Crippen LogP contribution in [0.5, 0.6) is 92.0 Å². The number of hydrogen-bond acceptors (Lipinski definition) is 16. The summed E-state index contributed by atoms with van der Waals surface area (Å²) < 4.78 is 54.6. The molecule has 0 saturated heterocycles. The number of rotatable bonds is 23. The second-order valence-corrected chi connectivity index (χ2v) is 26.6. The van der Waals surface area contributed by atoms with Crippen molar-refractivity contribution in [1.29, 1.82) is 0 Å². The maximum Gasteiger partial charge on any atom is 0.144 e. The molecule has 16 heteroatoms. The van der Waals surface area contributed by atoms with Gasteiger partial charge in [0, 0.05) is 103 Å². The fourth-order valence-electron chi connectivity index (χ4n) is 13.3. The molecule has 16 aromatic carbocycles. The van der Waals surface area contributed by atoms with Crippen molar-refractivity contribution in [3.63, 3.8) is 0 Å². The largest absolute Gasteiger partial charge is 0.457 e. The van der Waals surface area contributed by atoms with Crippen LogP contribution in [0, 0.1) is 0 Å². The Bertz CT molecular complexity index is 5830. The summed E-state index contributed by atoms with van der Waals surface area (Å²) in [4.78, 5) is 0. The topological polar surface area (TPSA) is 282 Å². The molecule has 0 aliphatic heterocycles. The van der Waals surface area contributed by atoms with E-state index in [4.69, 9.17) is 83.8 Å². The summed E-state index contributed by atoms with van der Waals surface area (Å²) >= 11 is 0. The van der Waals surface area contributed by atoms with Gasteiger partial charge >= 0.3 is 0 Å². The van der Waals surface area contributed by atoms with Crippen molar-refractivity contribution >= 4 is 45.5 Å². The third-order valence-corrected chi connectivity index (χ3v) is 18.6. The SMILES string of the molecule is Nc1ccc(Oc2ccc(-c3c(Oc4ccc(N)cc4)ccc(-c4c(-c5ccc(Oc6cccc(N)c6)cc5)c(-c5ccc(Oc6cccc(N)c6)cc5)c(Oc5ccc(N)cc5)c(-c5ccc(Oc6cccc(N)c6)cc5)c4-c4ccc(Oc5cccc(N)c5)cc4)c3-c3ccc(Oc4ccc(N)cc4)cc3)cc2)cc1. The minimum atomic E-state index is 0.457. The summed E-state index contributed by atoms with van der Waals surface area (Å²) in [6, 6.07) is 111.